The number of rotatable bonds is 2. The normalized spacial score (nSPS) is 10.7. The van der Waals surface area contributed by atoms with Gasteiger partial charge >= 0.3 is 0 Å². The summed E-state index contributed by atoms with van der Waals surface area (Å²) < 4.78 is 5.20. The van der Waals surface area contributed by atoms with Crippen LogP contribution in [0.15, 0.2) is 35.5 Å². The molecule has 0 saturated heterocycles. The molecule has 0 radical (unpaired) electrons. The molecule has 0 aromatic carbocycles. The van der Waals surface area contributed by atoms with Crippen molar-refractivity contribution in [3.05, 3.63) is 31.1 Å². The molecule has 0 saturated carbocycles. The first kappa shape index (κ1) is 7.98. The summed E-state index contributed by atoms with van der Waals surface area (Å²) in [6.45, 7) is 0. The van der Waals surface area contributed by atoms with Gasteiger partial charge in [-0.15, -0.1) is 0 Å². The van der Waals surface area contributed by atoms with Crippen molar-refractivity contribution in [1.29, 1.82) is 0 Å². The molecule has 0 aliphatic carbocycles. The molecule has 0 aliphatic rings. The Morgan fingerprint density at radius 2 is 2.20 bits per heavy atom. The topological polar surface area (TPSA) is 83.4 Å². The fourth-order valence-electron chi connectivity index (χ4n) is 1.39. The Hall–Kier alpha value is -2.37. The van der Waals surface area contributed by atoms with E-state index in [2.05, 4.69) is 25.1 Å². The summed E-state index contributed by atoms with van der Waals surface area (Å²) in [5.74, 6) is 1.23. The average molecular weight is 201 g/mol. The van der Waals surface area contributed by atoms with Crippen molar-refractivity contribution < 1.29 is 4.42 Å². The number of aromatic nitrogens is 5. The number of hydrogen-bond acceptors (Lipinski definition) is 4. The lowest BCUT2D eigenvalue weighted by molar-refractivity contribution is 0.575. The van der Waals surface area contributed by atoms with E-state index >= 15 is 0 Å². The number of imidazole rings is 1. The smallest absolute Gasteiger partial charge is 0.229 e. The van der Waals surface area contributed by atoms with E-state index in [1.807, 2.05) is 0 Å². The predicted molar refractivity (Wildman–Crippen MR) is 51.7 cm³/mol. The molecule has 6 nitrogen and oxygen atoms in total. The van der Waals surface area contributed by atoms with Crippen molar-refractivity contribution in [1.82, 2.24) is 25.1 Å². The van der Waals surface area contributed by atoms with E-state index < -0.39 is 0 Å². The number of nitrogens with zero attached hydrogens (tertiary/aromatic N) is 3. The van der Waals surface area contributed by atoms with E-state index in [1.54, 1.807) is 24.8 Å². The highest BCUT2D eigenvalue weighted by Crippen LogP contribution is 2.26. The maximum absolute atomic E-state index is 5.20. The van der Waals surface area contributed by atoms with Crippen LogP contribution in [-0.2, 0) is 0 Å². The average Bonchev–Trinajstić information content (AvgIpc) is 3.01. The Labute approximate surface area is 84.4 Å². The summed E-state index contributed by atoms with van der Waals surface area (Å²) in [5, 5.41) is 6.80. The molecule has 6 heteroatoms. The van der Waals surface area contributed by atoms with Crippen LogP contribution in [0.2, 0.25) is 0 Å². The number of oxazole rings is 1. The Balaban J connectivity index is 2.15. The van der Waals surface area contributed by atoms with E-state index in [-0.39, 0.29) is 0 Å². The molecular weight excluding hydrogens is 194 g/mol. The molecule has 0 aliphatic heterocycles. The molecule has 0 fully saturated rings. The molecule has 0 unspecified atom stereocenters. The van der Waals surface area contributed by atoms with Crippen LogP contribution in [0.1, 0.15) is 0 Å². The second-order valence-corrected chi connectivity index (χ2v) is 2.93. The highest BCUT2D eigenvalue weighted by molar-refractivity contribution is 5.71. The number of aromatic amines is 2. The van der Waals surface area contributed by atoms with Gasteiger partial charge in [-0.2, -0.15) is 5.10 Å². The molecule has 74 valence electrons. The molecular formula is C9H7N5O. The third kappa shape index (κ3) is 1.23. The summed E-state index contributed by atoms with van der Waals surface area (Å²) in [7, 11) is 0. The van der Waals surface area contributed by atoms with Crippen LogP contribution in [0.4, 0.5) is 0 Å². The molecule has 3 heterocycles. The van der Waals surface area contributed by atoms with Crippen LogP contribution >= 0.6 is 0 Å². The van der Waals surface area contributed by atoms with Crippen LogP contribution in [0.25, 0.3) is 23.0 Å². The van der Waals surface area contributed by atoms with E-state index in [0.29, 0.717) is 11.7 Å². The van der Waals surface area contributed by atoms with Gasteiger partial charge in [0.1, 0.15) is 12.0 Å². The van der Waals surface area contributed by atoms with Gasteiger partial charge in [0.2, 0.25) is 5.89 Å². The number of nitrogens with one attached hydrogen (secondary N) is 2. The van der Waals surface area contributed by atoms with Crippen molar-refractivity contribution in [2.45, 2.75) is 0 Å². The maximum atomic E-state index is 5.20. The lowest BCUT2D eigenvalue weighted by atomic mass is 10.2. The van der Waals surface area contributed by atoms with Gasteiger partial charge in [-0.1, -0.05) is 0 Å². The zero-order valence-electron chi connectivity index (χ0n) is 7.64. The van der Waals surface area contributed by atoms with Crippen molar-refractivity contribution in [3.63, 3.8) is 0 Å². The standard InChI is InChI=1S/C9H7N5O/c1-2-11-8(10-1)7-6(5-13-14-7)9-12-3-4-15-9/h1-5H,(H,10,11)(H,13,14). The Kier molecular flexibility index (Phi) is 1.64. The maximum Gasteiger partial charge on any atom is 0.229 e. The van der Waals surface area contributed by atoms with Crippen molar-refractivity contribution in [2.24, 2.45) is 0 Å². The lowest BCUT2D eigenvalue weighted by Crippen LogP contribution is -1.84. The Bertz CT molecular complexity index is 488. The minimum absolute atomic E-state index is 0.523. The fraction of sp³-hybridized carbons (Fsp3) is 0. The van der Waals surface area contributed by atoms with E-state index in [0.717, 1.165) is 11.3 Å². The molecule has 3 aromatic rings. The number of H-pyrrole nitrogens is 2. The molecule has 2 N–H and O–H groups in total. The molecule has 3 rings (SSSR count). The minimum Gasteiger partial charge on any atom is -0.444 e. The van der Waals surface area contributed by atoms with Gasteiger partial charge in [0, 0.05) is 12.4 Å². The first-order valence-electron chi connectivity index (χ1n) is 4.38. The van der Waals surface area contributed by atoms with Gasteiger partial charge in [-0.05, 0) is 0 Å². The van der Waals surface area contributed by atoms with Crippen LogP contribution in [0.3, 0.4) is 0 Å². The lowest BCUT2D eigenvalue weighted by Gasteiger charge is -1.94. The van der Waals surface area contributed by atoms with Gasteiger partial charge in [0.25, 0.3) is 0 Å². The van der Waals surface area contributed by atoms with Crippen LogP contribution < -0.4 is 0 Å². The van der Waals surface area contributed by atoms with E-state index in [1.165, 1.54) is 6.26 Å². The third-order valence-electron chi connectivity index (χ3n) is 2.04. The molecule has 3 aromatic heterocycles. The molecule has 0 bridgehead atoms. The van der Waals surface area contributed by atoms with Crippen molar-refractivity contribution in [2.75, 3.05) is 0 Å². The number of hydrogen-bond donors (Lipinski definition) is 2. The summed E-state index contributed by atoms with van der Waals surface area (Å²) >= 11 is 0. The van der Waals surface area contributed by atoms with Crippen LogP contribution in [-0.4, -0.2) is 25.1 Å². The highest BCUT2D eigenvalue weighted by Gasteiger charge is 2.14. The zero-order valence-corrected chi connectivity index (χ0v) is 7.64. The summed E-state index contributed by atoms with van der Waals surface area (Å²) in [6.07, 6.45) is 8.19. The minimum atomic E-state index is 0.523. The first-order valence-corrected chi connectivity index (χ1v) is 4.38. The van der Waals surface area contributed by atoms with E-state index in [9.17, 15) is 0 Å². The van der Waals surface area contributed by atoms with Crippen LogP contribution in [0, 0.1) is 0 Å². The summed E-state index contributed by atoms with van der Waals surface area (Å²) in [6, 6.07) is 0. The van der Waals surface area contributed by atoms with E-state index in [4.69, 9.17) is 4.42 Å². The monoisotopic (exact) mass is 201 g/mol. The zero-order chi connectivity index (χ0) is 10.1. The largest absolute Gasteiger partial charge is 0.444 e. The van der Waals surface area contributed by atoms with Crippen molar-refractivity contribution in [3.8, 4) is 23.0 Å². The predicted octanol–water partition coefficient (Wildman–Crippen LogP) is 1.45. The van der Waals surface area contributed by atoms with Gasteiger partial charge in [-0.25, -0.2) is 9.97 Å². The Morgan fingerprint density at radius 3 is 2.93 bits per heavy atom. The van der Waals surface area contributed by atoms with Crippen LogP contribution in [0.5, 0.6) is 0 Å². The second-order valence-electron chi connectivity index (χ2n) is 2.93. The summed E-state index contributed by atoms with van der Waals surface area (Å²) in [4.78, 5) is 11.2. The quantitative estimate of drug-likeness (QED) is 0.657. The van der Waals surface area contributed by atoms with Gasteiger partial charge in [0.05, 0.1) is 18.0 Å². The molecule has 0 spiro atoms. The first-order chi connectivity index (χ1) is 7.45. The summed E-state index contributed by atoms with van der Waals surface area (Å²) in [5.41, 5.74) is 1.55. The second kappa shape index (κ2) is 3.09. The van der Waals surface area contributed by atoms with Gasteiger partial charge < -0.3 is 9.40 Å². The molecule has 15 heavy (non-hydrogen) atoms. The SMILES string of the molecule is c1c[nH]c(-c2[nH]ncc2-c2ncco2)n1. The van der Waals surface area contributed by atoms with Gasteiger partial charge in [-0.3, -0.25) is 5.10 Å². The molecule has 0 atom stereocenters. The Morgan fingerprint density at radius 1 is 1.20 bits per heavy atom. The van der Waals surface area contributed by atoms with Crippen molar-refractivity contribution >= 4 is 0 Å². The fourth-order valence-corrected chi connectivity index (χ4v) is 1.39. The third-order valence-corrected chi connectivity index (χ3v) is 2.04. The van der Waals surface area contributed by atoms with Gasteiger partial charge in [0.15, 0.2) is 5.82 Å². The molecule has 0 amide bonds. The highest BCUT2D eigenvalue weighted by atomic mass is 16.3.